The Balaban J connectivity index is 4.72. The number of unbranched alkanes of at least 4 members (excludes halogenated alkanes) is 29. The molecule has 12 heteroatoms. The van der Waals surface area contributed by atoms with Crippen LogP contribution in [0, 0.1) is 0 Å². The molecule has 11 nitrogen and oxygen atoms in total. The zero-order valence-corrected chi connectivity index (χ0v) is 48.5. The van der Waals surface area contributed by atoms with Crippen molar-refractivity contribution in [3.63, 3.8) is 0 Å². The van der Waals surface area contributed by atoms with Gasteiger partial charge in [0.25, 0.3) is 0 Å². The Kier molecular flexibility index (Phi) is 54.2. The normalized spacial score (nSPS) is 13.7. The van der Waals surface area contributed by atoms with Gasteiger partial charge in [-0.25, -0.2) is 4.57 Å². The number of rotatable bonds is 56. The molecule has 0 spiro atoms. The van der Waals surface area contributed by atoms with Gasteiger partial charge in [0, 0.05) is 19.3 Å². The molecule has 0 aromatic rings. The molecule has 0 heterocycles. The first kappa shape index (κ1) is 71.2. The maximum absolute atomic E-state index is 12.9. The Morgan fingerprint density at radius 2 is 0.703 bits per heavy atom. The van der Waals surface area contributed by atoms with Crippen LogP contribution >= 0.6 is 7.82 Å². The van der Waals surface area contributed by atoms with Crippen LogP contribution in [0.25, 0.3) is 0 Å². The lowest BCUT2D eigenvalue weighted by atomic mass is 10.0. The second kappa shape index (κ2) is 56.4. The van der Waals surface area contributed by atoms with Crippen LogP contribution in [-0.4, -0.2) is 66.5 Å². The van der Waals surface area contributed by atoms with Gasteiger partial charge in [-0.2, -0.15) is 0 Å². The van der Waals surface area contributed by atoms with E-state index in [0.29, 0.717) is 19.3 Å². The van der Waals surface area contributed by atoms with E-state index in [1.807, 2.05) is 0 Å². The molecule has 2 N–H and O–H groups in total. The molecule has 0 aliphatic rings. The smallest absolute Gasteiger partial charge is 0.462 e. The van der Waals surface area contributed by atoms with Gasteiger partial charge < -0.3 is 24.2 Å². The quantitative estimate of drug-likeness (QED) is 0.0197. The molecular formula is C62H111O11P. The number of ether oxygens (including phenoxy) is 3. The largest absolute Gasteiger partial charge is 0.472 e. The summed E-state index contributed by atoms with van der Waals surface area (Å²) in [5, 5.41) is 9.78. The van der Waals surface area contributed by atoms with Gasteiger partial charge in [-0.1, -0.05) is 255 Å². The summed E-state index contributed by atoms with van der Waals surface area (Å²) in [7, 11) is -4.75. The van der Waals surface area contributed by atoms with Crippen LogP contribution in [0.1, 0.15) is 278 Å². The Morgan fingerprint density at radius 3 is 1.08 bits per heavy atom. The minimum Gasteiger partial charge on any atom is -0.462 e. The molecule has 0 aliphatic carbocycles. The molecule has 3 atom stereocenters. The van der Waals surface area contributed by atoms with Crippen LogP contribution in [0.15, 0.2) is 60.8 Å². The SMILES string of the molecule is CC/C=C\C/C=C\C/C=C\C/C=C\C/C=C\CCCCCC(=O)OC(COC(=O)CCCCCCCCCCCCCCCCCCCCC)COP(=O)(O)OCC(CO)OC(=O)CCCCCCCCCCC. The summed E-state index contributed by atoms with van der Waals surface area (Å²) < 4.78 is 39.5. The summed E-state index contributed by atoms with van der Waals surface area (Å²) in [6.07, 6.45) is 61.9. The van der Waals surface area contributed by atoms with Crippen molar-refractivity contribution in [3.8, 4) is 0 Å². The minimum atomic E-state index is -4.75. The number of hydrogen-bond donors (Lipinski definition) is 2. The molecule has 430 valence electrons. The first-order valence-electron chi connectivity index (χ1n) is 30.2. The lowest BCUT2D eigenvalue weighted by Crippen LogP contribution is -2.30. The van der Waals surface area contributed by atoms with Crippen LogP contribution in [0.2, 0.25) is 0 Å². The fourth-order valence-electron chi connectivity index (χ4n) is 8.38. The summed E-state index contributed by atoms with van der Waals surface area (Å²) in [6.45, 7) is 4.50. The third kappa shape index (κ3) is 54.0. The molecule has 0 amide bonds. The van der Waals surface area contributed by atoms with E-state index in [0.717, 1.165) is 89.9 Å². The van der Waals surface area contributed by atoms with E-state index < -0.39 is 57.8 Å². The van der Waals surface area contributed by atoms with Crippen LogP contribution in [-0.2, 0) is 42.2 Å². The lowest BCUT2D eigenvalue weighted by Gasteiger charge is -2.21. The Morgan fingerprint density at radius 1 is 0.392 bits per heavy atom. The van der Waals surface area contributed by atoms with Crippen molar-refractivity contribution in [1.29, 1.82) is 0 Å². The summed E-state index contributed by atoms with van der Waals surface area (Å²) in [5.41, 5.74) is 0. The standard InChI is InChI=1S/C62H111O11P/c1-4-7-10-13-16-19-21-23-25-27-29-31-33-35-37-40-42-45-48-51-60(64)69-55-59(57-71-74(67,68)70-56-58(54-63)72-61(65)52-49-46-43-39-18-15-12-9-6-3)73-62(66)53-50-47-44-41-38-36-34-32-30-28-26-24-22-20-17-14-11-8-5-2/h8,11,17,20,24,26,30,32,36,38,58-59,63H,4-7,9-10,12-16,18-19,21-23,25,27-29,31,33-35,37,39-57H2,1-3H3,(H,67,68)/b11-8-,20-17-,26-24-,32-30-,38-36-. The number of esters is 3. The second-order valence-electron chi connectivity index (χ2n) is 20.1. The molecule has 74 heavy (non-hydrogen) atoms. The van der Waals surface area contributed by atoms with Crippen LogP contribution in [0.3, 0.4) is 0 Å². The molecule has 0 saturated heterocycles. The van der Waals surface area contributed by atoms with Gasteiger partial charge in [-0.15, -0.1) is 0 Å². The number of carbonyl (C=O) groups is 3. The molecular weight excluding hydrogens is 952 g/mol. The summed E-state index contributed by atoms with van der Waals surface area (Å²) in [4.78, 5) is 48.5. The maximum Gasteiger partial charge on any atom is 0.472 e. The fourth-order valence-corrected chi connectivity index (χ4v) is 9.17. The van der Waals surface area contributed by atoms with Crippen molar-refractivity contribution in [1.82, 2.24) is 0 Å². The van der Waals surface area contributed by atoms with Gasteiger partial charge in [0.15, 0.2) is 6.10 Å². The summed E-state index contributed by atoms with van der Waals surface area (Å²) in [6, 6.07) is 0. The molecule has 0 aromatic carbocycles. The number of phosphoric acid groups is 1. The van der Waals surface area contributed by atoms with Crippen molar-refractivity contribution in [2.24, 2.45) is 0 Å². The number of aliphatic hydroxyl groups is 1. The van der Waals surface area contributed by atoms with E-state index in [-0.39, 0.29) is 25.9 Å². The highest BCUT2D eigenvalue weighted by atomic mass is 31.2. The number of phosphoric ester groups is 1. The highest BCUT2D eigenvalue weighted by Crippen LogP contribution is 2.43. The van der Waals surface area contributed by atoms with Crippen LogP contribution < -0.4 is 0 Å². The molecule has 0 rings (SSSR count). The predicted molar refractivity (Wildman–Crippen MR) is 307 cm³/mol. The van der Waals surface area contributed by atoms with Crippen molar-refractivity contribution < 1.29 is 52.2 Å². The predicted octanol–water partition coefficient (Wildman–Crippen LogP) is 17.9. The average molecular weight is 1060 g/mol. The first-order chi connectivity index (χ1) is 36.2. The van der Waals surface area contributed by atoms with Gasteiger partial charge in [-0.05, 0) is 64.2 Å². The average Bonchev–Trinajstić information content (AvgIpc) is 3.39. The molecule has 3 unspecified atom stereocenters. The number of hydrogen-bond acceptors (Lipinski definition) is 10. The number of carbonyl (C=O) groups excluding carboxylic acids is 3. The molecule has 0 fully saturated rings. The highest BCUT2D eigenvalue weighted by molar-refractivity contribution is 7.47. The lowest BCUT2D eigenvalue weighted by molar-refractivity contribution is -0.161. The van der Waals surface area contributed by atoms with E-state index in [1.165, 1.54) is 128 Å². The van der Waals surface area contributed by atoms with E-state index in [9.17, 15) is 28.9 Å². The summed E-state index contributed by atoms with van der Waals surface area (Å²) >= 11 is 0. The number of aliphatic hydroxyl groups excluding tert-OH is 1. The summed E-state index contributed by atoms with van der Waals surface area (Å²) in [5.74, 6) is -1.49. The van der Waals surface area contributed by atoms with E-state index in [4.69, 9.17) is 23.3 Å². The molecule has 0 radical (unpaired) electrons. The highest BCUT2D eigenvalue weighted by Gasteiger charge is 2.28. The Bertz CT molecular complexity index is 1470. The van der Waals surface area contributed by atoms with Gasteiger partial charge in [0.05, 0.1) is 19.8 Å². The number of allylic oxidation sites excluding steroid dienone is 10. The van der Waals surface area contributed by atoms with Gasteiger partial charge in [-0.3, -0.25) is 23.4 Å². The topological polar surface area (TPSA) is 155 Å². The zero-order valence-electron chi connectivity index (χ0n) is 47.6. The first-order valence-corrected chi connectivity index (χ1v) is 31.7. The molecule has 0 bridgehead atoms. The Hall–Kier alpha value is -2.82. The monoisotopic (exact) mass is 1060 g/mol. The Labute approximate surface area is 453 Å². The third-order valence-corrected chi connectivity index (χ3v) is 13.9. The van der Waals surface area contributed by atoms with Gasteiger partial charge in [0.1, 0.15) is 12.7 Å². The van der Waals surface area contributed by atoms with Crippen LogP contribution in [0.4, 0.5) is 0 Å². The van der Waals surface area contributed by atoms with E-state index >= 15 is 0 Å². The van der Waals surface area contributed by atoms with E-state index in [1.54, 1.807) is 0 Å². The third-order valence-electron chi connectivity index (χ3n) is 13.0. The fraction of sp³-hybridized carbons (Fsp3) is 0.790. The second-order valence-corrected chi connectivity index (χ2v) is 21.6. The zero-order chi connectivity index (χ0) is 54.1. The van der Waals surface area contributed by atoms with Crippen molar-refractivity contribution in [2.75, 3.05) is 26.4 Å². The molecule has 0 saturated carbocycles. The van der Waals surface area contributed by atoms with E-state index in [2.05, 4.69) is 81.5 Å². The van der Waals surface area contributed by atoms with Gasteiger partial charge in [0.2, 0.25) is 0 Å². The van der Waals surface area contributed by atoms with Crippen molar-refractivity contribution in [3.05, 3.63) is 60.8 Å². The molecule has 0 aliphatic heterocycles. The maximum atomic E-state index is 12.9. The van der Waals surface area contributed by atoms with Crippen molar-refractivity contribution in [2.45, 2.75) is 290 Å². The minimum absolute atomic E-state index is 0.130. The van der Waals surface area contributed by atoms with Gasteiger partial charge >= 0.3 is 25.7 Å². The molecule has 0 aromatic heterocycles. The van der Waals surface area contributed by atoms with Crippen molar-refractivity contribution >= 4 is 25.7 Å². The van der Waals surface area contributed by atoms with Crippen LogP contribution in [0.5, 0.6) is 0 Å².